The Hall–Kier alpha value is -1.55. The molecule has 4 heteroatoms. The first-order valence-electron chi connectivity index (χ1n) is 7.93. The van der Waals surface area contributed by atoms with Crippen LogP contribution in [-0.4, -0.2) is 42.8 Å². The third-order valence-corrected chi connectivity index (χ3v) is 4.41. The van der Waals surface area contributed by atoms with E-state index in [4.69, 9.17) is 4.74 Å². The summed E-state index contributed by atoms with van der Waals surface area (Å²) in [6.07, 6.45) is 3.47. The number of hydrogen-bond acceptors (Lipinski definition) is 2. The van der Waals surface area contributed by atoms with Crippen molar-refractivity contribution in [2.75, 3.05) is 19.7 Å². The van der Waals surface area contributed by atoms with E-state index in [1.165, 1.54) is 18.4 Å². The summed E-state index contributed by atoms with van der Waals surface area (Å²) in [5.74, 6) is 0.690. The maximum absolute atomic E-state index is 12.3. The molecule has 1 heterocycles. The maximum Gasteiger partial charge on any atom is 0.317 e. The van der Waals surface area contributed by atoms with Gasteiger partial charge in [-0.15, -0.1) is 0 Å². The van der Waals surface area contributed by atoms with Gasteiger partial charge in [0.25, 0.3) is 0 Å². The van der Waals surface area contributed by atoms with Gasteiger partial charge in [0.1, 0.15) is 0 Å². The van der Waals surface area contributed by atoms with E-state index in [2.05, 4.69) is 24.4 Å². The standard InChI is InChI=1S/C17H24N2O2/c1-13(15-7-8-15)18-17(20)19-9-10-21-16(12-19)11-14-5-3-2-4-6-14/h2-6,13,15-16H,7-12H2,1H3,(H,18,20)/t13-,16-/m1/s1. The largest absolute Gasteiger partial charge is 0.374 e. The van der Waals surface area contributed by atoms with Crippen molar-refractivity contribution in [3.05, 3.63) is 35.9 Å². The Balaban J connectivity index is 1.51. The fourth-order valence-electron chi connectivity index (χ4n) is 2.90. The molecule has 3 rings (SSSR count). The highest BCUT2D eigenvalue weighted by atomic mass is 16.5. The zero-order valence-corrected chi connectivity index (χ0v) is 12.6. The van der Waals surface area contributed by atoms with Gasteiger partial charge in [0, 0.05) is 25.6 Å². The van der Waals surface area contributed by atoms with Gasteiger partial charge in [-0.05, 0) is 31.2 Å². The molecule has 114 valence electrons. The Morgan fingerprint density at radius 2 is 2.14 bits per heavy atom. The van der Waals surface area contributed by atoms with Crippen LogP contribution in [0.25, 0.3) is 0 Å². The molecule has 2 amide bonds. The monoisotopic (exact) mass is 288 g/mol. The van der Waals surface area contributed by atoms with Crippen molar-refractivity contribution in [2.45, 2.75) is 38.3 Å². The summed E-state index contributed by atoms with van der Waals surface area (Å²) in [6.45, 7) is 4.10. The van der Waals surface area contributed by atoms with Gasteiger partial charge >= 0.3 is 6.03 Å². The molecule has 4 nitrogen and oxygen atoms in total. The number of hydrogen-bond donors (Lipinski definition) is 1. The number of carbonyl (C=O) groups is 1. The molecule has 0 unspecified atom stereocenters. The minimum atomic E-state index is 0.0655. The SMILES string of the molecule is C[C@@H](NC(=O)N1CCO[C@H](Cc2ccccc2)C1)C1CC1. The lowest BCUT2D eigenvalue weighted by Gasteiger charge is -2.34. The first-order valence-corrected chi connectivity index (χ1v) is 7.93. The molecule has 2 fully saturated rings. The highest BCUT2D eigenvalue weighted by molar-refractivity contribution is 5.74. The van der Waals surface area contributed by atoms with Crippen LogP contribution in [0.4, 0.5) is 4.79 Å². The van der Waals surface area contributed by atoms with E-state index in [0.717, 1.165) is 6.42 Å². The molecule has 0 bridgehead atoms. The van der Waals surface area contributed by atoms with E-state index in [9.17, 15) is 4.79 Å². The Morgan fingerprint density at radius 3 is 2.86 bits per heavy atom. The Bertz CT molecular complexity index is 473. The molecule has 1 aliphatic carbocycles. The Morgan fingerprint density at radius 1 is 1.38 bits per heavy atom. The summed E-state index contributed by atoms with van der Waals surface area (Å²) >= 11 is 0. The van der Waals surface area contributed by atoms with Crippen LogP contribution in [0.15, 0.2) is 30.3 Å². The molecule has 1 saturated heterocycles. The summed E-state index contributed by atoms with van der Waals surface area (Å²) in [4.78, 5) is 14.2. The number of rotatable bonds is 4. The van der Waals surface area contributed by atoms with Crippen LogP contribution >= 0.6 is 0 Å². The van der Waals surface area contributed by atoms with E-state index < -0.39 is 0 Å². The number of nitrogens with one attached hydrogen (secondary N) is 1. The highest BCUT2D eigenvalue weighted by Gasteiger charge is 2.31. The first-order chi connectivity index (χ1) is 10.2. The van der Waals surface area contributed by atoms with E-state index in [0.29, 0.717) is 31.7 Å². The third-order valence-electron chi connectivity index (χ3n) is 4.41. The predicted molar refractivity (Wildman–Crippen MR) is 82.2 cm³/mol. The lowest BCUT2D eigenvalue weighted by Crippen LogP contribution is -2.52. The van der Waals surface area contributed by atoms with Crippen molar-refractivity contribution in [3.8, 4) is 0 Å². The van der Waals surface area contributed by atoms with Crippen molar-refractivity contribution in [1.29, 1.82) is 0 Å². The summed E-state index contributed by atoms with van der Waals surface area (Å²) in [6, 6.07) is 10.7. The lowest BCUT2D eigenvalue weighted by molar-refractivity contribution is -0.0136. The molecule has 0 radical (unpaired) electrons. The number of nitrogens with zero attached hydrogens (tertiary/aromatic N) is 1. The second-order valence-electron chi connectivity index (χ2n) is 6.20. The van der Waals surface area contributed by atoms with Gasteiger partial charge in [-0.3, -0.25) is 0 Å². The summed E-state index contributed by atoms with van der Waals surface area (Å²) in [5, 5.41) is 3.13. The Kier molecular flexibility index (Phi) is 4.44. The molecule has 1 N–H and O–H groups in total. The van der Waals surface area contributed by atoms with Crippen molar-refractivity contribution >= 4 is 6.03 Å². The van der Waals surface area contributed by atoms with Crippen LogP contribution < -0.4 is 5.32 Å². The van der Waals surface area contributed by atoms with Crippen molar-refractivity contribution in [2.24, 2.45) is 5.92 Å². The first kappa shape index (κ1) is 14.4. The molecular formula is C17H24N2O2. The number of ether oxygens (including phenoxy) is 1. The van der Waals surface area contributed by atoms with E-state index in [1.807, 2.05) is 23.1 Å². The maximum atomic E-state index is 12.3. The van der Waals surface area contributed by atoms with Gasteiger partial charge in [0.2, 0.25) is 0 Å². The Labute approximate surface area is 126 Å². The van der Waals surface area contributed by atoms with Crippen molar-refractivity contribution in [3.63, 3.8) is 0 Å². The number of carbonyl (C=O) groups excluding carboxylic acids is 1. The fourth-order valence-corrected chi connectivity index (χ4v) is 2.90. The number of benzene rings is 1. The van der Waals surface area contributed by atoms with Gasteiger partial charge < -0.3 is 15.0 Å². The fraction of sp³-hybridized carbons (Fsp3) is 0.588. The second kappa shape index (κ2) is 6.48. The minimum absolute atomic E-state index is 0.0655. The molecule has 2 atom stereocenters. The van der Waals surface area contributed by atoms with Crippen LogP contribution in [0.2, 0.25) is 0 Å². The van der Waals surface area contributed by atoms with Gasteiger partial charge in [-0.25, -0.2) is 4.79 Å². The molecule has 21 heavy (non-hydrogen) atoms. The third kappa shape index (κ3) is 3.97. The highest BCUT2D eigenvalue weighted by Crippen LogP contribution is 2.32. The topological polar surface area (TPSA) is 41.6 Å². The second-order valence-corrected chi connectivity index (χ2v) is 6.20. The van der Waals surface area contributed by atoms with E-state index in [1.54, 1.807) is 0 Å². The minimum Gasteiger partial charge on any atom is -0.374 e. The van der Waals surface area contributed by atoms with Gasteiger partial charge in [0.15, 0.2) is 0 Å². The van der Waals surface area contributed by atoms with Crippen LogP contribution in [0, 0.1) is 5.92 Å². The molecule has 1 saturated carbocycles. The normalized spacial score (nSPS) is 23.7. The molecule has 1 aromatic carbocycles. The number of morpholine rings is 1. The van der Waals surface area contributed by atoms with Gasteiger partial charge in [-0.1, -0.05) is 30.3 Å². The zero-order chi connectivity index (χ0) is 14.7. The van der Waals surface area contributed by atoms with Gasteiger partial charge in [-0.2, -0.15) is 0 Å². The zero-order valence-electron chi connectivity index (χ0n) is 12.6. The average molecular weight is 288 g/mol. The number of urea groups is 1. The predicted octanol–water partition coefficient (Wildman–Crippen LogP) is 2.44. The molecule has 1 aliphatic heterocycles. The van der Waals surface area contributed by atoms with Crippen LogP contribution in [-0.2, 0) is 11.2 Å². The molecule has 0 spiro atoms. The molecule has 2 aliphatic rings. The van der Waals surface area contributed by atoms with E-state index >= 15 is 0 Å². The lowest BCUT2D eigenvalue weighted by atomic mass is 10.1. The van der Waals surface area contributed by atoms with Gasteiger partial charge in [0.05, 0.1) is 12.7 Å². The molecular weight excluding hydrogens is 264 g/mol. The molecule has 1 aromatic rings. The van der Waals surface area contributed by atoms with Crippen LogP contribution in [0.1, 0.15) is 25.3 Å². The summed E-state index contributed by atoms with van der Waals surface area (Å²) in [7, 11) is 0. The summed E-state index contributed by atoms with van der Waals surface area (Å²) < 4.78 is 5.81. The van der Waals surface area contributed by atoms with E-state index in [-0.39, 0.29) is 12.1 Å². The van der Waals surface area contributed by atoms with Crippen molar-refractivity contribution < 1.29 is 9.53 Å². The van der Waals surface area contributed by atoms with Crippen molar-refractivity contribution in [1.82, 2.24) is 10.2 Å². The molecule has 0 aromatic heterocycles. The van der Waals surface area contributed by atoms with Crippen LogP contribution in [0.3, 0.4) is 0 Å². The number of amides is 2. The van der Waals surface area contributed by atoms with Crippen LogP contribution in [0.5, 0.6) is 0 Å². The smallest absolute Gasteiger partial charge is 0.317 e. The summed E-state index contributed by atoms with van der Waals surface area (Å²) in [5.41, 5.74) is 1.26. The average Bonchev–Trinajstić information content (AvgIpc) is 3.33. The quantitative estimate of drug-likeness (QED) is 0.924.